The van der Waals surface area contributed by atoms with Crippen LogP contribution in [0.15, 0.2) is 0 Å². The van der Waals surface area contributed by atoms with Gasteiger partial charge >= 0.3 is 6.09 Å². The zero-order valence-corrected chi connectivity index (χ0v) is 18.3. The zero-order chi connectivity index (χ0) is 22.7. The van der Waals surface area contributed by atoms with E-state index in [-0.39, 0.29) is 19.8 Å². The Morgan fingerprint density at radius 2 is 0.677 bits per heavy atom. The van der Waals surface area contributed by atoms with Gasteiger partial charge in [-0.1, -0.05) is 0 Å². The van der Waals surface area contributed by atoms with Crippen molar-refractivity contribution < 1.29 is 52.5 Å². The number of rotatable bonds is 26. The summed E-state index contributed by atoms with van der Waals surface area (Å²) in [6.07, 6.45) is -0.810. The minimum absolute atomic E-state index is 0.0231. The molecule has 0 spiro atoms. The molecule has 0 aromatic carbocycles. The lowest BCUT2D eigenvalue weighted by Gasteiger charge is -2.08. The van der Waals surface area contributed by atoms with Crippen molar-refractivity contribution in [2.24, 2.45) is 5.73 Å². The van der Waals surface area contributed by atoms with E-state index >= 15 is 0 Å². The van der Waals surface area contributed by atoms with E-state index in [9.17, 15) is 4.79 Å². The van der Waals surface area contributed by atoms with E-state index < -0.39 is 6.09 Å². The summed E-state index contributed by atoms with van der Waals surface area (Å²) >= 11 is 0. The fourth-order valence-electron chi connectivity index (χ4n) is 1.91. The first-order valence-electron chi connectivity index (χ1n) is 10.4. The lowest BCUT2D eigenvalue weighted by molar-refractivity contribution is -0.0245. The molecule has 0 aromatic rings. The molecule has 1 amide bonds. The molecule has 0 saturated carbocycles. The van der Waals surface area contributed by atoms with Crippen molar-refractivity contribution in [3.63, 3.8) is 0 Å². The van der Waals surface area contributed by atoms with Crippen molar-refractivity contribution >= 4 is 6.09 Å². The monoisotopic (exact) mass is 457 g/mol. The predicted octanol–water partition coefficient (Wildman–Crippen LogP) is -0.793. The molecule has 0 aliphatic rings. The molecule has 0 aromatic heterocycles. The molecule has 31 heavy (non-hydrogen) atoms. The SMILES string of the molecule is NC(=O)OCCOCCOCCOCCOCCOCCOCCOCCOCCO. The molecule has 0 heterocycles. The number of hydrogen-bond acceptors (Lipinski definition) is 11. The summed E-state index contributed by atoms with van der Waals surface area (Å²) in [5.74, 6) is 0. The lowest BCUT2D eigenvalue weighted by Crippen LogP contribution is -2.17. The molecule has 0 unspecified atom stereocenters. The van der Waals surface area contributed by atoms with Crippen molar-refractivity contribution in [1.82, 2.24) is 0 Å². The van der Waals surface area contributed by atoms with Crippen LogP contribution in [0.2, 0.25) is 0 Å². The molecule has 0 radical (unpaired) electrons. The molecule has 12 nitrogen and oxygen atoms in total. The van der Waals surface area contributed by atoms with Gasteiger partial charge in [-0.05, 0) is 0 Å². The molecule has 12 heteroatoms. The number of ether oxygens (including phenoxy) is 9. The van der Waals surface area contributed by atoms with Crippen molar-refractivity contribution in [2.75, 3.05) is 119 Å². The van der Waals surface area contributed by atoms with Gasteiger partial charge < -0.3 is 53.5 Å². The number of aliphatic hydroxyl groups excluding tert-OH is 1. The van der Waals surface area contributed by atoms with Crippen molar-refractivity contribution in [2.45, 2.75) is 0 Å². The summed E-state index contributed by atoms with van der Waals surface area (Å²) < 4.78 is 46.9. The number of primary amides is 1. The summed E-state index contributed by atoms with van der Waals surface area (Å²) in [7, 11) is 0. The van der Waals surface area contributed by atoms with E-state index in [4.69, 9.17) is 48.7 Å². The van der Waals surface area contributed by atoms with E-state index in [0.717, 1.165) is 0 Å². The Morgan fingerprint density at radius 1 is 0.452 bits per heavy atom. The Bertz CT molecular complexity index is 364. The van der Waals surface area contributed by atoms with Gasteiger partial charge in [-0.2, -0.15) is 0 Å². The Hall–Kier alpha value is -1.09. The van der Waals surface area contributed by atoms with Gasteiger partial charge in [-0.15, -0.1) is 0 Å². The molecule has 0 aliphatic heterocycles. The van der Waals surface area contributed by atoms with Gasteiger partial charge in [-0.3, -0.25) is 0 Å². The van der Waals surface area contributed by atoms with Gasteiger partial charge in [0.1, 0.15) is 6.61 Å². The lowest BCUT2D eigenvalue weighted by atomic mass is 10.6. The normalized spacial score (nSPS) is 11.1. The molecule has 186 valence electrons. The number of hydrogen-bond donors (Lipinski definition) is 2. The highest BCUT2D eigenvalue weighted by Crippen LogP contribution is 1.86. The van der Waals surface area contributed by atoms with Crippen LogP contribution in [-0.2, 0) is 42.6 Å². The van der Waals surface area contributed by atoms with Crippen LogP contribution < -0.4 is 5.73 Å². The molecule has 3 N–H and O–H groups in total. The number of nitrogens with two attached hydrogens (primary N) is 1. The molecular weight excluding hydrogens is 418 g/mol. The summed E-state index contributed by atoms with van der Waals surface area (Å²) in [5.41, 5.74) is 4.81. The maximum absolute atomic E-state index is 10.3. The van der Waals surface area contributed by atoms with E-state index in [2.05, 4.69) is 4.74 Å². The summed E-state index contributed by atoms with van der Waals surface area (Å²) in [5, 5.41) is 8.53. The second-order valence-corrected chi connectivity index (χ2v) is 5.79. The van der Waals surface area contributed by atoms with E-state index in [1.165, 1.54) is 0 Å². The number of carbonyl (C=O) groups is 1. The minimum atomic E-state index is -0.810. The van der Waals surface area contributed by atoms with Crippen LogP contribution in [0, 0.1) is 0 Å². The quantitative estimate of drug-likeness (QED) is 0.157. The van der Waals surface area contributed by atoms with Crippen molar-refractivity contribution in [3.8, 4) is 0 Å². The van der Waals surface area contributed by atoms with E-state index in [1.54, 1.807) is 0 Å². The van der Waals surface area contributed by atoms with Gasteiger partial charge in [0, 0.05) is 0 Å². The van der Waals surface area contributed by atoms with Gasteiger partial charge in [0.05, 0.1) is 112 Å². The topological polar surface area (TPSA) is 146 Å². The van der Waals surface area contributed by atoms with Crippen molar-refractivity contribution in [1.29, 1.82) is 0 Å². The van der Waals surface area contributed by atoms with Crippen LogP contribution >= 0.6 is 0 Å². The Balaban J connectivity index is 3.00. The summed E-state index contributed by atoms with van der Waals surface area (Å²) in [6.45, 7) is 7.47. The average Bonchev–Trinajstić information content (AvgIpc) is 2.76. The van der Waals surface area contributed by atoms with Crippen molar-refractivity contribution in [3.05, 3.63) is 0 Å². The van der Waals surface area contributed by atoms with Crippen LogP contribution in [-0.4, -0.2) is 130 Å². The first kappa shape index (κ1) is 29.9. The first-order chi connectivity index (χ1) is 15.3. The van der Waals surface area contributed by atoms with E-state index in [0.29, 0.717) is 99.1 Å². The number of amides is 1. The second-order valence-electron chi connectivity index (χ2n) is 5.79. The van der Waals surface area contributed by atoms with Gasteiger partial charge in [0.25, 0.3) is 0 Å². The highest BCUT2D eigenvalue weighted by molar-refractivity contribution is 5.64. The maximum atomic E-state index is 10.3. The predicted molar refractivity (Wildman–Crippen MR) is 109 cm³/mol. The third kappa shape index (κ3) is 28.9. The zero-order valence-electron chi connectivity index (χ0n) is 18.3. The molecule has 0 bridgehead atoms. The van der Waals surface area contributed by atoms with Gasteiger partial charge in [0.2, 0.25) is 0 Å². The largest absolute Gasteiger partial charge is 0.447 e. The Morgan fingerprint density at radius 3 is 0.903 bits per heavy atom. The van der Waals surface area contributed by atoms with E-state index in [1.807, 2.05) is 0 Å². The Kier molecular flexibility index (Phi) is 26.0. The third-order valence-electron chi connectivity index (χ3n) is 3.31. The van der Waals surface area contributed by atoms with Gasteiger partial charge in [-0.25, -0.2) is 4.79 Å². The highest BCUT2D eigenvalue weighted by atomic mass is 16.6. The van der Waals surface area contributed by atoms with Crippen LogP contribution in [0.3, 0.4) is 0 Å². The Labute approximate surface area is 184 Å². The molecule has 0 aliphatic carbocycles. The molecule has 0 saturated heterocycles. The van der Waals surface area contributed by atoms with Crippen LogP contribution in [0.5, 0.6) is 0 Å². The highest BCUT2D eigenvalue weighted by Gasteiger charge is 1.96. The first-order valence-corrected chi connectivity index (χ1v) is 10.4. The second kappa shape index (κ2) is 26.9. The third-order valence-corrected chi connectivity index (χ3v) is 3.31. The molecule has 0 atom stereocenters. The fourth-order valence-corrected chi connectivity index (χ4v) is 1.91. The number of aliphatic hydroxyl groups is 1. The summed E-state index contributed by atoms with van der Waals surface area (Å²) in [4.78, 5) is 10.3. The minimum Gasteiger partial charge on any atom is -0.447 e. The smallest absolute Gasteiger partial charge is 0.404 e. The summed E-state index contributed by atoms with van der Waals surface area (Å²) in [6, 6.07) is 0. The van der Waals surface area contributed by atoms with Gasteiger partial charge in [0.15, 0.2) is 0 Å². The fraction of sp³-hybridized carbons (Fsp3) is 0.947. The molecule has 0 rings (SSSR count). The molecular formula is C19H39NO11. The van der Waals surface area contributed by atoms with Crippen LogP contribution in [0.4, 0.5) is 4.79 Å². The number of carbonyl (C=O) groups excluding carboxylic acids is 1. The average molecular weight is 458 g/mol. The van der Waals surface area contributed by atoms with Crippen LogP contribution in [0.25, 0.3) is 0 Å². The standard InChI is InChI=1S/C19H39NO11/c20-19(22)31-18-17-30-16-15-29-14-13-28-12-11-27-10-9-26-8-7-25-6-5-24-4-3-23-2-1-21/h21H,1-18H2,(H2,20,22). The molecule has 0 fully saturated rings. The maximum Gasteiger partial charge on any atom is 0.404 e. The van der Waals surface area contributed by atoms with Crippen LogP contribution in [0.1, 0.15) is 0 Å².